The van der Waals surface area contributed by atoms with Crippen LogP contribution < -0.4 is 9.47 Å². The molecule has 0 atom stereocenters. The second kappa shape index (κ2) is 9.38. The number of aldehydes is 1. The summed E-state index contributed by atoms with van der Waals surface area (Å²) in [6, 6.07) is 15.5. The van der Waals surface area contributed by atoms with Crippen LogP contribution in [0.2, 0.25) is 0 Å². The Morgan fingerprint density at radius 1 is 0.970 bits per heavy atom. The number of aryl methyl sites for hydroxylation is 2. The van der Waals surface area contributed by atoms with E-state index in [0.717, 1.165) is 15.6 Å². The first kappa shape index (κ1) is 22.4. The molecule has 1 aromatic heterocycles. The Morgan fingerprint density at radius 2 is 1.64 bits per heavy atom. The Morgan fingerprint density at radius 3 is 2.27 bits per heavy atom. The van der Waals surface area contributed by atoms with Crippen LogP contribution in [0, 0.1) is 19.7 Å². The Bertz CT molecular complexity index is 1360. The topological polar surface area (TPSA) is 52.6 Å². The number of rotatable bonds is 7. The smallest absolute Gasteiger partial charge is 0.207 e. The van der Waals surface area contributed by atoms with Gasteiger partial charge in [0.05, 0.1) is 7.11 Å². The zero-order valence-electron chi connectivity index (χ0n) is 18.3. The maximum Gasteiger partial charge on any atom is 0.207 e. The first-order chi connectivity index (χ1) is 15.9. The lowest BCUT2D eigenvalue weighted by Gasteiger charge is -2.11. The van der Waals surface area contributed by atoms with Crippen LogP contribution in [-0.2, 0) is 4.79 Å². The lowest BCUT2D eigenvalue weighted by Crippen LogP contribution is -2.06. The summed E-state index contributed by atoms with van der Waals surface area (Å²) in [5.74, 6) is 1.08. The zero-order valence-corrected chi connectivity index (χ0v) is 19.2. The van der Waals surface area contributed by atoms with E-state index in [2.05, 4.69) is 0 Å². The molecule has 3 aromatic carbocycles. The lowest BCUT2D eigenvalue weighted by atomic mass is 9.97. The number of carbonyl (C=O) groups is 2. The van der Waals surface area contributed by atoms with Crippen LogP contribution in [0.4, 0.5) is 4.39 Å². The summed E-state index contributed by atoms with van der Waals surface area (Å²) in [5, 5.41) is 0.784. The van der Waals surface area contributed by atoms with Crippen LogP contribution >= 0.6 is 11.3 Å². The number of methoxy groups -OCH3 is 1. The van der Waals surface area contributed by atoms with E-state index in [-0.39, 0.29) is 11.6 Å². The van der Waals surface area contributed by atoms with Gasteiger partial charge in [0, 0.05) is 15.6 Å². The average Bonchev–Trinajstić information content (AvgIpc) is 3.15. The molecule has 1 heterocycles. The molecule has 33 heavy (non-hydrogen) atoms. The molecule has 0 N–H and O–H groups in total. The molecule has 0 amide bonds. The third-order valence-electron chi connectivity index (χ3n) is 5.25. The summed E-state index contributed by atoms with van der Waals surface area (Å²) in [7, 11) is 1.59. The standard InChI is InChI=1S/C27H21FO4S/c1-16-13-19(28)14-17(2)24(16)25(30)27-26(22-11-10-21(31-3)15-23(22)33-27)32-20-8-6-18(7-9-20)5-4-12-29/h4-15H,1-3H3/b5-4+. The van der Waals surface area contributed by atoms with Crippen molar-refractivity contribution in [2.75, 3.05) is 7.11 Å². The summed E-state index contributed by atoms with van der Waals surface area (Å²) < 4.78 is 26.2. The molecule has 0 aliphatic heterocycles. The van der Waals surface area contributed by atoms with Gasteiger partial charge in [-0.05, 0) is 79.1 Å². The Kier molecular flexibility index (Phi) is 6.38. The van der Waals surface area contributed by atoms with E-state index >= 15 is 0 Å². The average molecular weight is 461 g/mol. The number of hydrogen-bond acceptors (Lipinski definition) is 5. The van der Waals surface area contributed by atoms with Gasteiger partial charge in [-0.1, -0.05) is 18.2 Å². The number of allylic oxidation sites excluding steroid dienone is 1. The maximum atomic E-state index is 13.8. The van der Waals surface area contributed by atoms with Crippen LogP contribution in [0.1, 0.15) is 31.9 Å². The quantitative estimate of drug-likeness (QED) is 0.171. The number of benzene rings is 3. The highest BCUT2D eigenvalue weighted by Gasteiger charge is 2.25. The molecule has 0 fully saturated rings. The van der Waals surface area contributed by atoms with E-state index in [1.165, 1.54) is 29.5 Å². The molecular weight excluding hydrogens is 439 g/mol. The number of hydrogen-bond donors (Lipinski definition) is 0. The van der Waals surface area contributed by atoms with E-state index in [0.29, 0.717) is 45.1 Å². The third-order valence-corrected chi connectivity index (χ3v) is 6.38. The van der Waals surface area contributed by atoms with Gasteiger partial charge in [0.1, 0.15) is 28.5 Å². The van der Waals surface area contributed by atoms with Crippen molar-refractivity contribution < 1.29 is 23.5 Å². The molecule has 6 heteroatoms. The van der Waals surface area contributed by atoms with Gasteiger partial charge in [-0.3, -0.25) is 9.59 Å². The van der Waals surface area contributed by atoms with E-state index in [9.17, 15) is 14.0 Å². The molecule has 4 nitrogen and oxygen atoms in total. The minimum atomic E-state index is -0.372. The van der Waals surface area contributed by atoms with Gasteiger partial charge >= 0.3 is 0 Å². The second-order valence-electron chi connectivity index (χ2n) is 7.53. The molecule has 0 saturated heterocycles. The lowest BCUT2D eigenvalue weighted by molar-refractivity contribution is -0.104. The summed E-state index contributed by atoms with van der Waals surface area (Å²) in [6.07, 6.45) is 3.82. The van der Waals surface area contributed by atoms with Crippen molar-refractivity contribution in [3.8, 4) is 17.2 Å². The van der Waals surface area contributed by atoms with E-state index in [1.54, 1.807) is 39.2 Å². The SMILES string of the molecule is COc1ccc2c(Oc3ccc(/C=C/C=O)cc3)c(C(=O)c3c(C)cc(F)cc3C)sc2c1. The Hall–Kier alpha value is -3.77. The van der Waals surface area contributed by atoms with Crippen molar-refractivity contribution >= 4 is 39.6 Å². The van der Waals surface area contributed by atoms with Gasteiger partial charge < -0.3 is 9.47 Å². The number of thiophene rings is 1. The van der Waals surface area contributed by atoms with Crippen LogP contribution in [0.5, 0.6) is 17.2 Å². The molecule has 0 spiro atoms. The van der Waals surface area contributed by atoms with Gasteiger partial charge in [0.15, 0.2) is 5.75 Å². The molecule has 0 saturated carbocycles. The summed E-state index contributed by atoms with van der Waals surface area (Å²) in [4.78, 5) is 24.6. The number of fused-ring (bicyclic) bond motifs is 1. The molecule has 4 aromatic rings. The van der Waals surface area contributed by atoms with Crippen molar-refractivity contribution in [2.24, 2.45) is 0 Å². The highest BCUT2D eigenvalue weighted by Crippen LogP contribution is 2.43. The second-order valence-corrected chi connectivity index (χ2v) is 8.58. The number of halogens is 1. The number of ketones is 1. The summed E-state index contributed by atoms with van der Waals surface area (Å²) >= 11 is 1.31. The number of carbonyl (C=O) groups excluding carboxylic acids is 2. The molecule has 0 aliphatic rings. The van der Waals surface area contributed by atoms with Crippen LogP contribution in [0.15, 0.2) is 60.7 Å². The van der Waals surface area contributed by atoms with E-state index in [4.69, 9.17) is 9.47 Å². The minimum absolute atomic E-state index is 0.217. The normalized spacial score (nSPS) is 11.2. The van der Waals surface area contributed by atoms with Gasteiger partial charge in [0.25, 0.3) is 0 Å². The maximum absolute atomic E-state index is 13.8. The fraction of sp³-hybridized carbons (Fsp3) is 0.111. The summed E-state index contributed by atoms with van der Waals surface area (Å²) in [6.45, 7) is 3.46. The highest BCUT2D eigenvalue weighted by atomic mass is 32.1. The van der Waals surface area contributed by atoms with E-state index in [1.807, 2.05) is 30.3 Å². The fourth-order valence-electron chi connectivity index (χ4n) is 3.73. The number of ether oxygens (including phenoxy) is 2. The van der Waals surface area contributed by atoms with Gasteiger partial charge in [-0.25, -0.2) is 4.39 Å². The third kappa shape index (κ3) is 4.56. The largest absolute Gasteiger partial charge is 0.497 e. The molecule has 0 radical (unpaired) electrons. The monoisotopic (exact) mass is 460 g/mol. The van der Waals surface area contributed by atoms with Crippen LogP contribution in [-0.4, -0.2) is 19.2 Å². The van der Waals surface area contributed by atoms with E-state index < -0.39 is 0 Å². The van der Waals surface area contributed by atoms with Crippen molar-refractivity contribution in [3.63, 3.8) is 0 Å². The molecule has 0 aliphatic carbocycles. The molecule has 4 rings (SSSR count). The zero-order chi connectivity index (χ0) is 23.5. The predicted molar refractivity (Wildman–Crippen MR) is 129 cm³/mol. The minimum Gasteiger partial charge on any atom is -0.497 e. The van der Waals surface area contributed by atoms with Crippen LogP contribution in [0.3, 0.4) is 0 Å². The van der Waals surface area contributed by atoms with Gasteiger partial charge in [-0.2, -0.15) is 0 Å². The van der Waals surface area contributed by atoms with Crippen LogP contribution in [0.25, 0.3) is 16.2 Å². The van der Waals surface area contributed by atoms with Crippen molar-refractivity contribution in [2.45, 2.75) is 13.8 Å². The highest BCUT2D eigenvalue weighted by molar-refractivity contribution is 7.21. The molecule has 166 valence electrons. The summed E-state index contributed by atoms with van der Waals surface area (Å²) in [5.41, 5.74) is 2.46. The van der Waals surface area contributed by atoms with Crippen molar-refractivity contribution in [3.05, 3.63) is 93.6 Å². The fourth-order valence-corrected chi connectivity index (χ4v) is 4.83. The van der Waals surface area contributed by atoms with Gasteiger partial charge in [-0.15, -0.1) is 11.3 Å². The molecular formula is C27H21FO4S. The predicted octanol–water partition coefficient (Wildman–Crippen LogP) is 6.90. The first-order valence-electron chi connectivity index (χ1n) is 10.2. The Labute approximate surface area is 194 Å². The van der Waals surface area contributed by atoms with Gasteiger partial charge in [0.2, 0.25) is 5.78 Å². The molecule has 0 unspecified atom stereocenters. The van der Waals surface area contributed by atoms with Crippen molar-refractivity contribution in [1.82, 2.24) is 0 Å². The molecule has 0 bridgehead atoms. The Balaban J connectivity index is 1.82. The van der Waals surface area contributed by atoms with Crippen molar-refractivity contribution in [1.29, 1.82) is 0 Å². The first-order valence-corrected chi connectivity index (χ1v) is 11.0.